The van der Waals surface area contributed by atoms with Crippen LogP contribution in [0.4, 0.5) is 13.2 Å². The van der Waals surface area contributed by atoms with Gasteiger partial charge in [0.15, 0.2) is 0 Å². The van der Waals surface area contributed by atoms with Crippen molar-refractivity contribution in [1.29, 1.82) is 0 Å². The Kier molecular flexibility index (Phi) is 12.1. The van der Waals surface area contributed by atoms with Crippen LogP contribution in [0.2, 0.25) is 0 Å². The molecule has 10 nitrogen and oxygen atoms in total. The van der Waals surface area contributed by atoms with Crippen molar-refractivity contribution < 1.29 is 37.1 Å². The quantitative estimate of drug-likeness (QED) is 0.458. The van der Waals surface area contributed by atoms with Gasteiger partial charge >= 0.3 is 6.36 Å². The van der Waals surface area contributed by atoms with Gasteiger partial charge in [-0.15, -0.1) is 13.2 Å². The number of rotatable bonds is 6. The molecule has 2 aromatic carbocycles. The van der Waals surface area contributed by atoms with Crippen LogP contribution in [0.15, 0.2) is 54.6 Å². The van der Waals surface area contributed by atoms with E-state index in [-0.39, 0.29) is 43.6 Å². The first kappa shape index (κ1) is 34.4. The van der Waals surface area contributed by atoms with Gasteiger partial charge in [0.05, 0.1) is 12.6 Å². The van der Waals surface area contributed by atoms with Crippen molar-refractivity contribution >= 4 is 23.6 Å². The molecule has 3 rings (SSSR count). The molecule has 1 heterocycles. The maximum absolute atomic E-state index is 13.4. The molecule has 1 aliphatic rings. The Morgan fingerprint density at radius 3 is 2.20 bits per heavy atom. The maximum Gasteiger partial charge on any atom is 0.573 e. The smallest absolute Gasteiger partial charge is 0.406 e. The van der Waals surface area contributed by atoms with Gasteiger partial charge < -0.3 is 25.6 Å². The van der Waals surface area contributed by atoms with Gasteiger partial charge in [-0.25, -0.2) is 0 Å². The van der Waals surface area contributed by atoms with E-state index < -0.39 is 42.2 Å². The van der Waals surface area contributed by atoms with E-state index in [9.17, 15) is 32.3 Å². The second-order valence-electron chi connectivity index (χ2n) is 11.2. The predicted octanol–water partition coefficient (Wildman–Crippen LogP) is 2.62. The number of amides is 4. The Bertz CT molecular complexity index is 1270. The number of alkyl halides is 3. The van der Waals surface area contributed by atoms with Crippen molar-refractivity contribution in [2.45, 2.75) is 64.6 Å². The second kappa shape index (κ2) is 15.6. The molecule has 4 amide bonds. The molecule has 0 aromatic heterocycles. The van der Waals surface area contributed by atoms with Crippen LogP contribution in [0.3, 0.4) is 0 Å². The van der Waals surface area contributed by atoms with Crippen molar-refractivity contribution in [2.75, 3.05) is 26.7 Å². The summed E-state index contributed by atoms with van der Waals surface area (Å²) >= 11 is 0. The van der Waals surface area contributed by atoms with E-state index in [0.717, 1.165) is 5.56 Å². The minimum atomic E-state index is -4.81. The number of ether oxygens (including phenoxy) is 1. The van der Waals surface area contributed by atoms with E-state index >= 15 is 0 Å². The number of halogens is 3. The molecule has 0 spiro atoms. The summed E-state index contributed by atoms with van der Waals surface area (Å²) in [6.45, 7) is 5.72. The molecule has 0 saturated carbocycles. The predicted molar refractivity (Wildman–Crippen MR) is 157 cm³/mol. The summed E-state index contributed by atoms with van der Waals surface area (Å²) in [5, 5.41) is 8.42. The summed E-state index contributed by atoms with van der Waals surface area (Å²) in [5.74, 6) is -2.44. The highest BCUT2D eigenvalue weighted by Gasteiger charge is 2.33. The minimum Gasteiger partial charge on any atom is -0.406 e. The van der Waals surface area contributed by atoms with Crippen LogP contribution >= 0.6 is 0 Å². The van der Waals surface area contributed by atoms with E-state index in [4.69, 9.17) is 0 Å². The number of carbonyl (C=O) groups is 4. The van der Waals surface area contributed by atoms with E-state index in [1.807, 2.05) is 35.2 Å². The van der Waals surface area contributed by atoms with Crippen molar-refractivity contribution in [3.05, 3.63) is 65.7 Å². The first-order chi connectivity index (χ1) is 20.7. The summed E-state index contributed by atoms with van der Waals surface area (Å²) in [7, 11) is 1.46. The fourth-order valence-corrected chi connectivity index (χ4v) is 4.84. The van der Waals surface area contributed by atoms with Crippen LogP contribution in [0.25, 0.3) is 0 Å². The standard InChI is InChI=1S/C31H40F3N5O5/c1-20(2)27-30(43)38(4)19-26(40)36-25(17-22-9-6-5-7-10-22)29(42)35-15-8-16-39(21(3)28(41)37-27)18-23-11-13-24(14-12-23)44-31(32,33)34/h5-7,9-14,20-21,25,27H,8,15-19H2,1-4H3,(H,35,42)(H,36,40)(H,37,41)/t21-,25+,27+/m1/s1. The molecule has 240 valence electrons. The molecule has 3 atom stereocenters. The lowest BCUT2D eigenvalue weighted by Gasteiger charge is -2.32. The SMILES string of the molecule is CC(C)[C@@H]1NC(=O)[C@@H](C)N(Cc2ccc(OC(F)(F)F)cc2)CCCNC(=O)[C@H](Cc2ccccc2)NC(=O)CN(C)C1=O. The van der Waals surface area contributed by atoms with Crippen molar-refractivity contribution in [3.8, 4) is 5.75 Å². The van der Waals surface area contributed by atoms with Gasteiger partial charge in [0.2, 0.25) is 23.6 Å². The van der Waals surface area contributed by atoms with Crippen LogP contribution in [0.5, 0.6) is 5.75 Å². The molecule has 0 radical (unpaired) electrons. The monoisotopic (exact) mass is 619 g/mol. The molecule has 1 aliphatic heterocycles. The number of carbonyl (C=O) groups excluding carboxylic acids is 4. The van der Waals surface area contributed by atoms with E-state index in [0.29, 0.717) is 18.5 Å². The van der Waals surface area contributed by atoms with Crippen molar-refractivity contribution in [3.63, 3.8) is 0 Å². The molecule has 1 saturated heterocycles. The van der Waals surface area contributed by atoms with Gasteiger partial charge in [0.1, 0.15) is 17.8 Å². The van der Waals surface area contributed by atoms with Crippen LogP contribution < -0.4 is 20.7 Å². The first-order valence-corrected chi connectivity index (χ1v) is 14.5. The zero-order valence-electron chi connectivity index (χ0n) is 25.3. The first-order valence-electron chi connectivity index (χ1n) is 14.5. The lowest BCUT2D eigenvalue weighted by Crippen LogP contribution is -2.57. The number of likely N-dealkylation sites (N-methyl/N-ethyl adjacent to an activating group) is 1. The lowest BCUT2D eigenvalue weighted by molar-refractivity contribution is -0.274. The van der Waals surface area contributed by atoms with E-state index in [2.05, 4.69) is 20.7 Å². The molecular formula is C31H40F3N5O5. The number of benzene rings is 2. The molecule has 13 heteroatoms. The normalized spacial score (nSPS) is 21.9. The van der Waals surface area contributed by atoms with Crippen molar-refractivity contribution in [1.82, 2.24) is 25.8 Å². The average Bonchev–Trinajstić information content (AvgIpc) is 2.96. The molecule has 44 heavy (non-hydrogen) atoms. The Labute approximate surface area is 255 Å². The maximum atomic E-state index is 13.4. The van der Waals surface area contributed by atoms with E-state index in [1.54, 1.807) is 20.8 Å². The van der Waals surface area contributed by atoms with Crippen molar-refractivity contribution in [2.24, 2.45) is 5.92 Å². The summed E-state index contributed by atoms with van der Waals surface area (Å²) in [6, 6.07) is 12.1. The van der Waals surface area contributed by atoms with Gasteiger partial charge in [-0.3, -0.25) is 24.1 Å². The zero-order chi connectivity index (χ0) is 32.4. The van der Waals surface area contributed by atoms with Crippen LogP contribution in [-0.2, 0) is 32.1 Å². The summed E-state index contributed by atoms with van der Waals surface area (Å²) in [5.41, 5.74) is 1.49. The molecule has 3 N–H and O–H groups in total. The Morgan fingerprint density at radius 1 is 0.932 bits per heavy atom. The molecule has 0 unspecified atom stereocenters. The van der Waals surface area contributed by atoms with Crippen LogP contribution in [-0.4, -0.2) is 84.6 Å². The molecule has 0 bridgehead atoms. The molecular weight excluding hydrogens is 579 g/mol. The number of nitrogens with one attached hydrogen (secondary N) is 3. The largest absolute Gasteiger partial charge is 0.573 e. The third-order valence-corrected chi connectivity index (χ3v) is 7.31. The lowest BCUT2D eigenvalue weighted by atomic mass is 10.0. The highest BCUT2D eigenvalue weighted by atomic mass is 19.4. The molecule has 1 fully saturated rings. The molecule has 0 aliphatic carbocycles. The highest BCUT2D eigenvalue weighted by molar-refractivity contribution is 5.93. The Balaban J connectivity index is 1.84. The van der Waals surface area contributed by atoms with Gasteiger partial charge in [-0.1, -0.05) is 56.3 Å². The molecule has 2 aromatic rings. The van der Waals surface area contributed by atoms with Gasteiger partial charge in [0, 0.05) is 33.1 Å². The number of hydrogen-bond acceptors (Lipinski definition) is 6. The highest BCUT2D eigenvalue weighted by Crippen LogP contribution is 2.23. The number of hydrogen-bond donors (Lipinski definition) is 3. The van der Waals surface area contributed by atoms with Gasteiger partial charge in [-0.05, 0) is 42.5 Å². The van der Waals surface area contributed by atoms with Crippen LogP contribution in [0, 0.1) is 5.92 Å². The van der Waals surface area contributed by atoms with Gasteiger partial charge in [0.25, 0.3) is 0 Å². The minimum absolute atomic E-state index is 0.210. The topological polar surface area (TPSA) is 120 Å². The van der Waals surface area contributed by atoms with Crippen LogP contribution in [0.1, 0.15) is 38.3 Å². The summed E-state index contributed by atoms with van der Waals surface area (Å²) in [6.07, 6.45) is -4.13. The average molecular weight is 620 g/mol. The summed E-state index contributed by atoms with van der Waals surface area (Å²) in [4.78, 5) is 55.9. The second-order valence-corrected chi connectivity index (χ2v) is 11.2. The van der Waals surface area contributed by atoms with E-state index in [1.165, 1.54) is 36.2 Å². The Morgan fingerprint density at radius 2 is 1.59 bits per heavy atom. The number of nitrogens with zero attached hydrogens (tertiary/aromatic N) is 2. The zero-order valence-corrected chi connectivity index (χ0v) is 25.3. The van der Waals surface area contributed by atoms with Gasteiger partial charge in [-0.2, -0.15) is 0 Å². The fourth-order valence-electron chi connectivity index (χ4n) is 4.84. The fraction of sp³-hybridized carbons (Fsp3) is 0.484. The third-order valence-electron chi connectivity index (χ3n) is 7.31. The third kappa shape index (κ3) is 10.5. The Hall–Kier alpha value is -4.13. The summed E-state index contributed by atoms with van der Waals surface area (Å²) < 4.78 is 41.7.